The van der Waals surface area contributed by atoms with Gasteiger partial charge in [0, 0.05) is 25.7 Å². The average Bonchev–Trinajstić information content (AvgIpc) is 3.02. The second-order valence-corrected chi connectivity index (χ2v) is 9.96. The molecule has 1 fully saturated rings. The van der Waals surface area contributed by atoms with Gasteiger partial charge in [0.05, 0.1) is 26.4 Å². The highest BCUT2D eigenvalue weighted by Gasteiger charge is 2.24. The van der Waals surface area contributed by atoms with E-state index in [-0.39, 0.29) is 18.2 Å². The summed E-state index contributed by atoms with van der Waals surface area (Å²) in [6, 6.07) is 26.8. The fourth-order valence-corrected chi connectivity index (χ4v) is 4.94. The summed E-state index contributed by atoms with van der Waals surface area (Å²) in [5.74, 6) is 1.06. The monoisotopic (exact) mass is 555 g/mol. The highest BCUT2D eigenvalue weighted by molar-refractivity contribution is 5.82. The molecule has 0 radical (unpaired) electrons. The Labute approximate surface area is 244 Å². The number of likely N-dealkylation sites (tertiary alicyclic amines) is 1. The SMILES string of the molecule is CCOC(=O)C=CC=Cc1ccc(OCCCN2CCC(OC(c3ccccc3)c3ccccc3)CC2)c(OC)c1. The molecular weight excluding hydrogens is 514 g/mol. The molecule has 0 amide bonds. The largest absolute Gasteiger partial charge is 0.493 e. The first-order valence-electron chi connectivity index (χ1n) is 14.5. The zero-order valence-electron chi connectivity index (χ0n) is 24.1. The van der Waals surface area contributed by atoms with Crippen molar-refractivity contribution in [1.82, 2.24) is 4.90 Å². The molecular formula is C35H41NO5. The summed E-state index contributed by atoms with van der Waals surface area (Å²) in [5.41, 5.74) is 3.35. The number of benzene rings is 3. The molecule has 41 heavy (non-hydrogen) atoms. The molecule has 3 aromatic rings. The third-order valence-electron chi connectivity index (χ3n) is 7.05. The van der Waals surface area contributed by atoms with Gasteiger partial charge in [-0.05, 0) is 55.0 Å². The van der Waals surface area contributed by atoms with Crippen molar-refractivity contribution in [2.24, 2.45) is 0 Å². The molecule has 216 valence electrons. The Morgan fingerprint density at radius 2 is 1.61 bits per heavy atom. The first-order valence-corrected chi connectivity index (χ1v) is 14.5. The highest BCUT2D eigenvalue weighted by Crippen LogP contribution is 2.31. The molecule has 0 bridgehead atoms. The van der Waals surface area contributed by atoms with E-state index in [1.165, 1.54) is 17.2 Å². The number of carbonyl (C=O) groups excluding carboxylic acids is 1. The minimum Gasteiger partial charge on any atom is -0.493 e. The number of rotatable bonds is 14. The second kappa shape index (κ2) is 16.4. The van der Waals surface area contributed by atoms with Crippen LogP contribution in [0.4, 0.5) is 0 Å². The van der Waals surface area contributed by atoms with Crippen molar-refractivity contribution in [1.29, 1.82) is 0 Å². The summed E-state index contributed by atoms with van der Waals surface area (Å²) < 4.78 is 23.2. The summed E-state index contributed by atoms with van der Waals surface area (Å²) in [7, 11) is 1.64. The Bertz CT molecular complexity index is 1210. The molecule has 6 heteroatoms. The number of allylic oxidation sites excluding steroid dienone is 2. The van der Waals surface area contributed by atoms with Crippen molar-refractivity contribution in [2.75, 3.05) is 40.0 Å². The van der Waals surface area contributed by atoms with E-state index in [1.54, 1.807) is 26.2 Å². The van der Waals surface area contributed by atoms with Crippen LogP contribution in [0.1, 0.15) is 49.0 Å². The van der Waals surface area contributed by atoms with Crippen LogP contribution in [0.15, 0.2) is 97.1 Å². The van der Waals surface area contributed by atoms with E-state index in [2.05, 4.69) is 53.4 Å². The number of nitrogens with zero attached hydrogens (tertiary/aromatic N) is 1. The topological polar surface area (TPSA) is 57.2 Å². The van der Waals surface area contributed by atoms with Crippen molar-refractivity contribution >= 4 is 12.0 Å². The Morgan fingerprint density at radius 3 is 2.24 bits per heavy atom. The quantitative estimate of drug-likeness (QED) is 0.0937. The maximum Gasteiger partial charge on any atom is 0.330 e. The van der Waals surface area contributed by atoms with Crippen LogP contribution in [0.3, 0.4) is 0 Å². The molecule has 1 aliphatic rings. The second-order valence-electron chi connectivity index (χ2n) is 9.96. The van der Waals surface area contributed by atoms with Crippen molar-refractivity contribution in [2.45, 2.75) is 38.4 Å². The fraction of sp³-hybridized carbons (Fsp3) is 0.343. The Kier molecular flexibility index (Phi) is 12.0. The lowest BCUT2D eigenvalue weighted by Gasteiger charge is -2.34. The minimum absolute atomic E-state index is 0.0414. The molecule has 4 rings (SSSR count). The van der Waals surface area contributed by atoms with Crippen molar-refractivity contribution in [3.05, 3.63) is 114 Å². The first-order chi connectivity index (χ1) is 20.2. The minimum atomic E-state index is -0.351. The van der Waals surface area contributed by atoms with Gasteiger partial charge >= 0.3 is 5.97 Å². The molecule has 0 atom stereocenters. The Hall–Kier alpha value is -3.87. The van der Waals surface area contributed by atoms with Crippen molar-refractivity contribution < 1.29 is 23.7 Å². The third kappa shape index (κ3) is 9.62. The predicted molar refractivity (Wildman–Crippen MR) is 163 cm³/mol. The number of methoxy groups -OCH3 is 1. The van der Waals surface area contributed by atoms with Crippen LogP contribution in [0.2, 0.25) is 0 Å². The number of hydrogen-bond donors (Lipinski definition) is 0. The first kappa shape index (κ1) is 30.1. The number of hydrogen-bond acceptors (Lipinski definition) is 6. The number of piperidine rings is 1. The van der Waals surface area contributed by atoms with Gasteiger partial charge in [0.2, 0.25) is 0 Å². The van der Waals surface area contributed by atoms with Crippen LogP contribution >= 0.6 is 0 Å². The van der Waals surface area contributed by atoms with Gasteiger partial charge < -0.3 is 23.8 Å². The molecule has 3 aromatic carbocycles. The summed E-state index contributed by atoms with van der Waals surface area (Å²) in [6.45, 7) is 5.80. The summed E-state index contributed by atoms with van der Waals surface area (Å²) in [6.07, 6.45) is 9.94. The molecule has 0 aromatic heterocycles. The van der Waals surface area contributed by atoms with Crippen LogP contribution in [-0.2, 0) is 14.3 Å². The van der Waals surface area contributed by atoms with Gasteiger partial charge in [-0.3, -0.25) is 0 Å². The van der Waals surface area contributed by atoms with E-state index in [0.29, 0.717) is 19.0 Å². The highest BCUT2D eigenvalue weighted by atomic mass is 16.5. The van der Waals surface area contributed by atoms with Crippen molar-refractivity contribution in [3.8, 4) is 11.5 Å². The van der Waals surface area contributed by atoms with Gasteiger partial charge in [-0.15, -0.1) is 0 Å². The molecule has 6 nitrogen and oxygen atoms in total. The molecule has 0 saturated carbocycles. The fourth-order valence-electron chi connectivity index (χ4n) is 4.94. The molecule has 0 spiro atoms. The Balaban J connectivity index is 1.20. The summed E-state index contributed by atoms with van der Waals surface area (Å²) in [4.78, 5) is 13.9. The van der Waals surface area contributed by atoms with Gasteiger partial charge in [0.15, 0.2) is 11.5 Å². The third-order valence-corrected chi connectivity index (χ3v) is 7.05. The normalized spacial score (nSPS) is 14.6. The van der Waals surface area contributed by atoms with E-state index in [1.807, 2.05) is 36.4 Å². The van der Waals surface area contributed by atoms with Gasteiger partial charge in [0.25, 0.3) is 0 Å². The van der Waals surface area contributed by atoms with Crippen LogP contribution in [0.5, 0.6) is 11.5 Å². The maximum atomic E-state index is 11.4. The van der Waals surface area contributed by atoms with E-state index in [9.17, 15) is 4.79 Å². The lowest BCUT2D eigenvalue weighted by molar-refractivity contribution is -0.137. The summed E-state index contributed by atoms with van der Waals surface area (Å²) >= 11 is 0. The van der Waals surface area contributed by atoms with E-state index >= 15 is 0 Å². The molecule has 1 heterocycles. The van der Waals surface area contributed by atoms with Crippen LogP contribution in [0.25, 0.3) is 6.08 Å². The maximum absolute atomic E-state index is 11.4. The van der Waals surface area contributed by atoms with Gasteiger partial charge in [-0.1, -0.05) is 85.0 Å². The van der Waals surface area contributed by atoms with Gasteiger partial charge in [-0.25, -0.2) is 4.79 Å². The van der Waals surface area contributed by atoms with E-state index in [4.69, 9.17) is 18.9 Å². The lowest BCUT2D eigenvalue weighted by Crippen LogP contribution is -2.38. The van der Waals surface area contributed by atoms with Gasteiger partial charge in [0.1, 0.15) is 6.10 Å². The predicted octanol–water partition coefficient (Wildman–Crippen LogP) is 6.87. The zero-order valence-corrected chi connectivity index (χ0v) is 24.1. The number of ether oxygens (including phenoxy) is 4. The smallest absolute Gasteiger partial charge is 0.330 e. The summed E-state index contributed by atoms with van der Waals surface area (Å²) in [5, 5.41) is 0. The Morgan fingerprint density at radius 1 is 0.927 bits per heavy atom. The average molecular weight is 556 g/mol. The van der Waals surface area contributed by atoms with E-state index < -0.39 is 0 Å². The van der Waals surface area contributed by atoms with Gasteiger partial charge in [-0.2, -0.15) is 0 Å². The zero-order chi connectivity index (χ0) is 28.7. The molecule has 1 aliphatic heterocycles. The lowest BCUT2D eigenvalue weighted by atomic mass is 10.00. The number of esters is 1. The van der Waals surface area contributed by atoms with Crippen molar-refractivity contribution in [3.63, 3.8) is 0 Å². The standard InChI is InChI=1S/C35H41NO5/c1-3-39-34(37)18-11-10-13-28-19-20-32(33(27-28)38-2)40-26-12-23-36-24-21-31(22-25-36)41-35(29-14-6-4-7-15-29)30-16-8-5-9-17-30/h4-11,13-20,27,31,35H,3,12,21-26H2,1-2H3. The van der Waals surface area contributed by atoms with Crippen LogP contribution in [-0.4, -0.2) is 56.9 Å². The molecule has 0 unspecified atom stereocenters. The van der Waals surface area contributed by atoms with E-state index in [0.717, 1.165) is 50.2 Å². The van der Waals surface area contributed by atoms with Crippen LogP contribution in [0, 0.1) is 0 Å². The molecule has 1 saturated heterocycles. The van der Waals surface area contributed by atoms with Crippen LogP contribution < -0.4 is 9.47 Å². The number of carbonyl (C=O) groups is 1. The molecule has 0 N–H and O–H groups in total. The molecule has 0 aliphatic carbocycles.